The van der Waals surface area contributed by atoms with Crippen molar-refractivity contribution in [3.63, 3.8) is 0 Å². The maximum Gasteiger partial charge on any atom is 0.371 e. The van der Waals surface area contributed by atoms with Crippen molar-refractivity contribution in [3.8, 4) is 0 Å². The number of carboxylic acids is 1. The Labute approximate surface area is 45.5 Å². The molecule has 42 valence electrons. The summed E-state index contributed by atoms with van der Waals surface area (Å²) < 4.78 is 4.50. The minimum absolute atomic E-state index is 0.0231. The maximum atomic E-state index is 9.97. The van der Waals surface area contributed by atoms with Gasteiger partial charge in [0.1, 0.15) is 0 Å². The average Bonchev–Trinajstić information content (AvgIpc) is 2.12. The molecule has 0 aromatic carbocycles. The summed E-state index contributed by atoms with van der Waals surface area (Å²) in [7, 11) is 0. The molecular weight excluding hydrogens is 109 g/mol. The summed E-state index contributed by atoms with van der Waals surface area (Å²) in [5.74, 6) is -1.06. The Morgan fingerprint density at radius 2 is 2.50 bits per heavy atom. The Morgan fingerprint density at radius 3 is 2.75 bits per heavy atom. The van der Waals surface area contributed by atoms with Crippen LogP contribution in [0.3, 0.4) is 0 Å². The van der Waals surface area contributed by atoms with E-state index in [1.165, 1.54) is 18.4 Å². The lowest BCUT2D eigenvalue weighted by molar-refractivity contribution is 0.0662. The molecule has 0 spiro atoms. The van der Waals surface area contributed by atoms with Gasteiger partial charge in [0.2, 0.25) is 5.76 Å². The molecular formula is C5H4O3. The van der Waals surface area contributed by atoms with Crippen molar-refractivity contribution in [1.29, 1.82) is 0 Å². The molecule has 0 bridgehead atoms. The van der Waals surface area contributed by atoms with Gasteiger partial charge >= 0.3 is 5.97 Å². The fraction of sp³-hybridized carbons (Fsp3) is 0. The molecule has 3 nitrogen and oxygen atoms in total. The molecule has 1 rings (SSSR count). The topological polar surface area (TPSA) is 50.4 Å². The van der Waals surface area contributed by atoms with Crippen molar-refractivity contribution in [1.82, 2.24) is 0 Å². The van der Waals surface area contributed by atoms with Gasteiger partial charge in [0.05, 0.1) is 6.26 Å². The van der Waals surface area contributed by atoms with Gasteiger partial charge in [-0.15, -0.1) is 0 Å². The predicted molar refractivity (Wildman–Crippen MR) is 25.7 cm³/mol. The molecule has 1 heterocycles. The van der Waals surface area contributed by atoms with Crippen LogP contribution in [0.25, 0.3) is 0 Å². The van der Waals surface area contributed by atoms with Gasteiger partial charge in [-0.25, -0.2) is 4.79 Å². The van der Waals surface area contributed by atoms with Crippen molar-refractivity contribution in [2.75, 3.05) is 0 Å². The molecule has 0 radical (unpaired) electrons. The first-order chi connectivity index (χ1) is 3.80. The molecule has 0 aliphatic heterocycles. The Kier molecular flexibility index (Phi) is 1.04. The Hall–Kier alpha value is -1.25. The second-order valence-electron chi connectivity index (χ2n) is 1.28. The third-order valence-electron chi connectivity index (χ3n) is 0.732. The summed E-state index contributed by atoms with van der Waals surface area (Å²) in [5, 5.41) is 8.18. The highest BCUT2D eigenvalue weighted by atomic mass is 16.5. The number of rotatable bonds is 1. The molecule has 0 aliphatic carbocycles. The van der Waals surface area contributed by atoms with Crippen molar-refractivity contribution < 1.29 is 14.3 Å². The molecule has 8 heavy (non-hydrogen) atoms. The number of hydrogen-bond donors (Lipinski definition) is 1. The van der Waals surface area contributed by atoms with E-state index in [2.05, 4.69) is 4.42 Å². The molecule has 0 amide bonds. The van der Waals surface area contributed by atoms with Crippen molar-refractivity contribution in [3.05, 3.63) is 24.2 Å². The molecule has 0 saturated heterocycles. The number of furan rings is 1. The summed E-state index contributed by atoms with van der Waals surface area (Å²) in [4.78, 5) is 9.97. The summed E-state index contributed by atoms with van der Waals surface area (Å²) in [6.45, 7) is 0. The molecule has 0 saturated carbocycles. The van der Waals surface area contributed by atoms with Crippen molar-refractivity contribution >= 4 is 5.97 Å². The quantitative estimate of drug-likeness (QED) is 0.552. The molecule has 0 unspecified atom stereocenters. The minimum Gasteiger partial charge on any atom is -0.475 e. The van der Waals surface area contributed by atoms with Gasteiger partial charge < -0.3 is 9.52 Å². The highest BCUT2D eigenvalue weighted by Crippen LogP contribution is 1.97. The van der Waals surface area contributed by atoms with E-state index in [-0.39, 0.29) is 5.76 Å². The Balaban J connectivity index is 2.93. The van der Waals surface area contributed by atoms with E-state index in [9.17, 15) is 4.79 Å². The zero-order chi connectivity index (χ0) is 5.98. The Morgan fingerprint density at radius 1 is 1.75 bits per heavy atom. The van der Waals surface area contributed by atoms with Crippen molar-refractivity contribution in [2.45, 2.75) is 0 Å². The van der Waals surface area contributed by atoms with Gasteiger partial charge in [0, 0.05) is 0 Å². The molecule has 1 aromatic rings. The average molecular weight is 113 g/mol. The first-order valence-corrected chi connectivity index (χ1v) is 2.07. The van der Waals surface area contributed by atoms with E-state index in [4.69, 9.17) is 5.11 Å². The van der Waals surface area contributed by atoms with E-state index < -0.39 is 5.97 Å². The van der Waals surface area contributed by atoms with Crippen LogP contribution in [0.4, 0.5) is 0 Å². The summed E-state index contributed by atoms with van der Waals surface area (Å²) >= 11 is 0. The third kappa shape index (κ3) is 0.703. The lowest BCUT2D eigenvalue weighted by Crippen LogP contribution is -1.90. The van der Waals surface area contributed by atoms with Crippen LogP contribution in [0.15, 0.2) is 22.8 Å². The van der Waals surface area contributed by atoms with Gasteiger partial charge in [-0.3, -0.25) is 0 Å². The first kappa shape index (κ1) is 4.90. The largest absolute Gasteiger partial charge is 0.475 e. The fourth-order valence-corrected chi connectivity index (χ4v) is 0.400. The van der Waals surface area contributed by atoms with Gasteiger partial charge in [0.25, 0.3) is 0 Å². The zero-order valence-electron chi connectivity index (χ0n) is 4.00. The standard InChI is InChI=1S/C5H4O3/c6-5(7)4-2-1-3-8-4/h1-3H,(H,6,7)/i5+1. The van der Waals surface area contributed by atoms with Gasteiger partial charge in [-0.1, -0.05) is 0 Å². The van der Waals surface area contributed by atoms with Gasteiger partial charge in [-0.05, 0) is 12.1 Å². The minimum atomic E-state index is -1.03. The molecule has 0 fully saturated rings. The molecule has 3 heteroatoms. The second-order valence-corrected chi connectivity index (χ2v) is 1.28. The van der Waals surface area contributed by atoms with E-state index in [1.54, 1.807) is 0 Å². The highest BCUT2D eigenvalue weighted by molar-refractivity contribution is 5.84. The van der Waals surface area contributed by atoms with E-state index in [0.717, 1.165) is 0 Å². The van der Waals surface area contributed by atoms with Crippen LogP contribution in [0.5, 0.6) is 0 Å². The van der Waals surface area contributed by atoms with Gasteiger partial charge in [0.15, 0.2) is 0 Å². The Bertz CT molecular complexity index is 176. The number of carbonyl (C=O) groups is 1. The van der Waals surface area contributed by atoms with Crippen LogP contribution in [-0.2, 0) is 0 Å². The monoisotopic (exact) mass is 113 g/mol. The van der Waals surface area contributed by atoms with Crippen LogP contribution in [0.1, 0.15) is 10.6 Å². The molecule has 0 aliphatic rings. The summed E-state index contributed by atoms with van der Waals surface area (Å²) in [5.41, 5.74) is 0. The van der Waals surface area contributed by atoms with Gasteiger partial charge in [-0.2, -0.15) is 0 Å². The van der Waals surface area contributed by atoms with Crippen LogP contribution in [-0.4, -0.2) is 11.1 Å². The van der Waals surface area contributed by atoms with E-state index in [1.807, 2.05) is 0 Å². The zero-order valence-corrected chi connectivity index (χ0v) is 4.00. The summed E-state index contributed by atoms with van der Waals surface area (Å²) in [6.07, 6.45) is 1.32. The van der Waals surface area contributed by atoms with Crippen LogP contribution in [0.2, 0.25) is 0 Å². The molecule has 1 N–H and O–H groups in total. The maximum absolute atomic E-state index is 9.97. The smallest absolute Gasteiger partial charge is 0.371 e. The summed E-state index contributed by atoms with van der Waals surface area (Å²) in [6, 6.07) is 2.92. The van der Waals surface area contributed by atoms with Crippen LogP contribution in [0, 0.1) is 0 Å². The highest BCUT2D eigenvalue weighted by Gasteiger charge is 2.01. The van der Waals surface area contributed by atoms with E-state index in [0.29, 0.717) is 0 Å². The number of hydrogen-bond acceptors (Lipinski definition) is 2. The molecule has 1 aromatic heterocycles. The SMILES string of the molecule is O=[13C](O)c1ccco1. The lowest BCUT2D eigenvalue weighted by Gasteiger charge is -1.79. The normalized spacial score (nSPS) is 9.00. The first-order valence-electron chi connectivity index (χ1n) is 2.07. The fourth-order valence-electron chi connectivity index (χ4n) is 0.400. The third-order valence-corrected chi connectivity index (χ3v) is 0.732. The van der Waals surface area contributed by atoms with Crippen molar-refractivity contribution in [2.24, 2.45) is 0 Å². The van der Waals surface area contributed by atoms with E-state index >= 15 is 0 Å². The van der Waals surface area contributed by atoms with Crippen LogP contribution < -0.4 is 0 Å². The lowest BCUT2D eigenvalue weighted by atomic mass is 10.6. The number of aromatic carboxylic acids is 1. The number of carboxylic acid groups (broad SMARTS) is 1. The predicted octanol–water partition coefficient (Wildman–Crippen LogP) is 0.978. The van der Waals surface area contributed by atoms with Crippen LogP contribution >= 0.6 is 0 Å². The second kappa shape index (κ2) is 1.69. The molecule has 0 atom stereocenters.